The van der Waals surface area contributed by atoms with Crippen molar-refractivity contribution in [2.45, 2.75) is 25.4 Å². The molecule has 3 amide bonds. The first-order valence-corrected chi connectivity index (χ1v) is 8.64. The SMILES string of the molecule is O=C1NCCN1c1ccc(C(=O)N2CCC[C@@H]2Cn2ccnc2)cc1. The Labute approximate surface area is 146 Å². The van der Waals surface area contributed by atoms with Crippen molar-refractivity contribution in [3.63, 3.8) is 0 Å². The van der Waals surface area contributed by atoms with Gasteiger partial charge in [0.1, 0.15) is 0 Å². The largest absolute Gasteiger partial charge is 0.336 e. The fourth-order valence-electron chi connectivity index (χ4n) is 3.60. The standard InChI is InChI=1S/C18H21N5O2/c24-17(22-9-1-2-16(22)12-21-10-7-19-13-21)14-3-5-15(6-4-14)23-11-8-20-18(23)25/h3-7,10,13,16H,1-2,8-9,11-12H2,(H,20,25)/t16-/m1/s1. The molecule has 2 aromatic rings. The van der Waals surface area contributed by atoms with Gasteiger partial charge in [-0.3, -0.25) is 9.69 Å². The fourth-order valence-corrected chi connectivity index (χ4v) is 3.60. The van der Waals surface area contributed by atoms with Gasteiger partial charge in [0.15, 0.2) is 0 Å². The minimum Gasteiger partial charge on any atom is -0.336 e. The van der Waals surface area contributed by atoms with Crippen molar-refractivity contribution in [2.24, 2.45) is 0 Å². The first-order valence-electron chi connectivity index (χ1n) is 8.64. The number of carbonyl (C=O) groups is 2. The Morgan fingerprint density at radius 1 is 1.24 bits per heavy atom. The quantitative estimate of drug-likeness (QED) is 0.922. The molecule has 2 aliphatic heterocycles. The number of imidazole rings is 1. The molecule has 1 aromatic heterocycles. The lowest BCUT2D eigenvalue weighted by Gasteiger charge is -2.25. The third-order valence-electron chi connectivity index (χ3n) is 4.90. The second kappa shape index (κ2) is 6.58. The van der Waals surface area contributed by atoms with E-state index >= 15 is 0 Å². The lowest BCUT2D eigenvalue weighted by molar-refractivity contribution is 0.0724. The van der Waals surface area contributed by atoms with Gasteiger partial charge in [-0.15, -0.1) is 0 Å². The topological polar surface area (TPSA) is 70.5 Å². The highest BCUT2D eigenvalue weighted by Crippen LogP contribution is 2.23. The molecule has 2 fully saturated rings. The number of nitrogens with one attached hydrogen (secondary N) is 1. The second-order valence-electron chi connectivity index (χ2n) is 6.48. The van der Waals surface area contributed by atoms with E-state index in [1.807, 2.05) is 39.9 Å². The molecule has 0 saturated carbocycles. The molecule has 25 heavy (non-hydrogen) atoms. The summed E-state index contributed by atoms with van der Waals surface area (Å²) in [4.78, 5) is 32.3. The van der Waals surface area contributed by atoms with Crippen molar-refractivity contribution in [1.82, 2.24) is 19.8 Å². The van der Waals surface area contributed by atoms with E-state index in [1.54, 1.807) is 17.4 Å². The number of hydrogen-bond acceptors (Lipinski definition) is 3. The molecule has 130 valence electrons. The van der Waals surface area contributed by atoms with Gasteiger partial charge in [0.05, 0.1) is 6.33 Å². The normalized spacial score (nSPS) is 20.2. The summed E-state index contributed by atoms with van der Waals surface area (Å²) in [5.74, 6) is 0.0556. The second-order valence-corrected chi connectivity index (χ2v) is 6.48. The zero-order chi connectivity index (χ0) is 17.2. The van der Waals surface area contributed by atoms with E-state index in [4.69, 9.17) is 0 Å². The van der Waals surface area contributed by atoms with E-state index in [0.29, 0.717) is 18.7 Å². The highest BCUT2D eigenvalue weighted by atomic mass is 16.2. The Bertz CT molecular complexity index is 756. The molecule has 0 bridgehead atoms. The van der Waals surface area contributed by atoms with Crippen LogP contribution in [0.5, 0.6) is 0 Å². The van der Waals surface area contributed by atoms with Gasteiger partial charge in [-0.05, 0) is 37.1 Å². The number of aromatic nitrogens is 2. The minimum absolute atomic E-state index is 0.0556. The van der Waals surface area contributed by atoms with Crippen LogP contribution >= 0.6 is 0 Å². The number of nitrogens with zero attached hydrogens (tertiary/aromatic N) is 4. The number of urea groups is 1. The van der Waals surface area contributed by atoms with E-state index in [2.05, 4.69) is 10.3 Å². The molecular formula is C18H21N5O2. The molecule has 2 saturated heterocycles. The number of carbonyl (C=O) groups excluding carboxylic acids is 2. The number of amides is 3. The van der Waals surface area contributed by atoms with Crippen molar-refractivity contribution in [3.8, 4) is 0 Å². The van der Waals surface area contributed by atoms with Gasteiger partial charge in [-0.2, -0.15) is 0 Å². The predicted octanol–water partition coefficient (Wildman–Crippen LogP) is 1.72. The molecule has 1 aromatic carbocycles. The van der Waals surface area contributed by atoms with Crippen LogP contribution in [0, 0.1) is 0 Å². The third kappa shape index (κ3) is 3.09. The lowest BCUT2D eigenvalue weighted by Crippen LogP contribution is -2.38. The molecule has 1 N–H and O–H groups in total. The van der Waals surface area contributed by atoms with Gasteiger partial charge in [-0.25, -0.2) is 9.78 Å². The first-order chi connectivity index (χ1) is 12.2. The van der Waals surface area contributed by atoms with Crippen molar-refractivity contribution < 1.29 is 9.59 Å². The van der Waals surface area contributed by atoms with Gasteiger partial charge in [0.25, 0.3) is 5.91 Å². The van der Waals surface area contributed by atoms with Gasteiger partial charge in [0.2, 0.25) is 0 Å². The van der Waals surface area contributed by atoms with E-state index in [-0.39, 0.29) is 18.0 Å². The summed E-state index contributed by atoms with van der Waals surface area (Å²) in [5.41, 5.74) is 1.49. The Morgan fingerprint density at radius 2 is 2.08 bits per heavy atom. The zero-order valence-corrected chi connectivity index (χ0v) is 14.0. The maximum Gasteiger partial charge on any atom is 0.321 e. The lowest BCUT2D eigenvalue weighted by atomic mass is 10.1. The minimum atomic E-state index is -0.0842. The Hall–Kier alpha value is -2.83. The van der Waals surface area contributed by atoms with Crippen LogP contribution in [-0.2, 0) is 6.54 Å². The summed E-state index contributed by atoms with van der Waals surface area (Å²) in [5, 5.41) is 2.78. The average Bonchev–Trinajstić information content (AvgIpc) is 3.37. The maximum atomic E-state index is 12.9. The predicted molar refractivity (Wildman–Crippen MR) is 93.5 cm³/mol. The van der Waals surface area contributed by atoms with Crippen LogP contribution in [0.1, 0.15) is 23.2 Å². The average molecular weight is 339 g/mol. The van der Waals surface area contributed by atoms with Crippen LogP contribution in [-0.4, -0.2) is 52.1 Å². The summed E-state index contributed by atoms with van der Waals surface area (Å²) in [7, 11) is 0. The highest BCUT2D eigenvalue weighted by Gasteiger charge is 2.30. The molecule has 7 heteroatoms. The summed E-state index contributed by atoms with van der Waals surface area (Å²) < 4.78 is 2.02. The van der Waals surface area contributed by atoms with Gasteiger partial charge in [-0.1, -0.05) is 0 Å². The molecule has 2 aliphatic rings. The molecule has 3 heterocycles. The van der Waals surface area contributed by atoms with E-state index in [9.17, 15) is 9.59 Å². The molecule has 0 radical (unpaired) electrons. The Balaban J connectivity index is 1.47. The van der Waals surface area contributed by atoms with Crippen molar-refractivity contribution in [2.75, 3.05) is 24.5 Å². The number of anilines is 1. The number of hydrogen-bond donors (Lipinski definition) is 1. The Morgan fingerprint density at radius 3 is 2.76 bits per heavy atom. The van der Waals surface area contributed by atoms with Gasteiger partial charge < -0.3 is 14.8 Å². The number of likely N-dealkylation sites (tertiary alicyclic amines) is 1. The van der Waals surface area contributed by atoms with Crippen molar-refractivity contribution >= 4 is 17.6 Å². The fraction of sp³-hybridized carbons (Fsp3) is 0.389. The molecule has 4 rings (SSSR count). The smallest absolute Gasteiger partial charge is 0.321 e. The van der Waals surface area contributed by atoms with Crippen LogP contribution < -0.4 is 10.2 Å². The summed E-state index contributed by atoms with van der Waals surface area (Å²) >= 11 is 0. The first kappa shape index (κ1) is 15.7. The number of benzene rings is 1. The van der Waals surface area contributed by atoms with Crippen LogP contribution in [0.2, 0.25) is 0 Å². The molecule has 0 unspecified atom stereocenters. The Kier molecular flexibility index (Phi) is 4.13. The highest BCUT2D eigenvalue weighted by molar-refractivity contribution is 5.97. The third-order valence-corrected chi connectivity index (χ3v) is 4.90. The van der Waals surface area contributed by atoms with Crippen LogP contribution in [0.3, 0.4) is 0 Å². The molecular weight excluding hydrogens is 318 g/mol. The summed E-state index contributed by atoms with van der Waals surface area (Å²) in [6, 6.07) is 7.44. The number of rotatable bonds is 4. The van der Waals surface area contributed by atoms with E-state index < -0.39 is 0 Å². The van der Waals surface area contributed by atoms with Crippen molar-refractivity contribution in [3.05, 3.63) is 48.5 Å². The monoisotopic (exact) mass is 339 g/mol. The molecule has 7 nitrogen and oxygen atoms in total. The molecule has 0 aliphatic carbocycles. The van der Waals surface area contributed by atoms with Crippen LogP contribution in [0.25, 0.3) is 0 Å². The zero-order valence-electron chi connectivity index (χ0n) is 14.0. The molecule has 0 spiro atoms. The summed E-state index contributed by atoms with van der Waals surface area (Å²) in [6.45, 7) is 2.88. The van der Waals surface area contributed by atoms with Crippen LogP contribution in [0.15, 0.2) is 43.0 Å². The summed E-state index contributed by atoms with van der Waals surface area (Å²) in [6.07, 6.45) is 7.51. The van der Waals surface area contributed by atoms with Crippen LogP contribution in [0.4, 0.5) is 10.5 Å². The van der Waals surface area contributed by atoms with E-state index in [0.717, 1.165) is 31.6 Å². The maximum absolute atomic E-state index is 12.9. The molecule has 1 atom stereocenters. The van der Waals surface area contributed by atoms with Gasteiger partial charge >= 0.3 is 6.03 Å². The van der Waals surface area contributed by atoms with E-state index in [1.165, 1.54) is 0 Å². The van der Waals surface area contributed by atoms with Crippen molar-refractivity contribution in [1.29, 1.82) is 0 Å². The van der Waals surface area contributed by atoms with Gasteiger partial charge in [0, 0.05) is 55.9 Å².